The maximum atomic E-state index is 12.0. The molecule has 0 aromatic carbocycles. The summed E-state index contributed by atoms with van der Waals surface area (Å²) < 4.78 is 5.16. The van der Waals surface area contributed by atoms with E-state index in [2.05, 4.69) is 20.8 Å². The predicted octanol–water partition coefficient (Wildman–Crippen LogP) is 6.11. The average Bonchev–Trinajstić information content (AvgIpc) is 3.04. The largest absolute Gasteiger partial charge is 0.466 e. The summed E-state index contributed by atoms with van der Waals surface area (Å²) in [6.45, 7) is 9.79. The molecule has 0 N–H and O–H groups in total. The number of hydrogen-bond donors (Lipinski definition) is 0. The Balaban J connectivity index is 1.48. The van der Waals surface area contributed by atoms with Crippen LogP contribution in [0, 0.1) is 40.4 Å². The molecule has 0 radical (unpaired) electrons. The minimum atomic E-state index is -0.0332. The van der Waals surface area contributed by atoms with Gasteiger partial charge in [-0.2, -0.15) is 0 Å². The average molecular weight is 401 g/mol. The van der Waals surface area contributed by atoms with Gasteiger partial charge in [-0.15, -0.1) is 0 Å². The zero-order valence-electron chi connectivity index (χ0n) is 19.0. The van der Waals surface area contributed by atoms with Crippen molar-refractivity contribution < 1.29 is 14.3 Å². The second kappa shape index (κ2) is 7.85. The monoisotopic (exact) mass is 400 g/mol. The molecule has 0 aromatic rings. The van der Waals surface area contributed by atoms with Crippen molar-refractivity contribution in [2.45, 2.75) is 91.9 Å². The van der Waals surface area contributed by atoms with Crippen LogP contribution < -0.4 is 0 Å². The molecule has 0 bridgehead atoms. The lowest BCUT2D eigenvalue weighted by atomic mass is 9.46. The second-order valence-corrected chi connectivity index (χ2v) is 11.0. The van der Waals surface area contributed by atoms with Gasteiger partial charge in [0.05, 0.1) is 6.61 Å². The van der Waals surface area contributed by atoms with Crippen molar-refractivity contribution in [3.05, 3.63) is 11.6 Å². The first-order valence-electron chi connectivity index (χ1n) is 12.2. The van der Waals surface area contributed by atoms with Crippen molar-refractivity contribution in [3.8, 4) is 0 Å². The highest BCUT2D eigenvalue weighted by Gasteiger charge is 2.59. The number of ether oxygens (including phenoxy) is 1. The molecule has 0 aliphatic heterocycles. The van der Waals surface area contributed by atoms with E-state index in [9.17, 15) is 9.59 Å². The lowest BCUT2D eigenvalue weighted by molar-refractivity contribution is -0.143. The molecule has 4 aliphatic rings. The maximum Gasteiger partial charge on any atom is 0.305 e. The van der Waals surface area contributed by atoms with E-state index >= 15 is 0 Å². The van der Waals surface area contributed by atoms with E-state index in [0.717, 1.165) is 49.4 Å². The summed E-state index contributed by atoms with van der Waals surface area (Å²) in [4.78, 5) is 23.9. The van der Waals surface area contributed by atoms with E-state index in [0.29, 0.717) is 30.1 Å². The van der Waals surface area contributed by atoms with Crippen LogP contribution in [0.25, 0.3) is 0 Å². The van der Waals surface area contributed by atoms with Crippen LogP contribution in [0.2, 0.25) is 0 Å². The van der Waals surface area contributed by atoms with Gasteiger partial charge in [-0.25, -0.2) is 0 Å². The first-order chi connectivity index (χ1) is 13.8. The molecule has 0 saturated heterocycles. The fraction of sp³-hybridized carbons (Fsp3) is 0.846. The van der Waals surface area contributed by atoms with E-state index < -0.39 is 0 Å². The van der Waals surface area contributed by atoms with Gasteiger partial charge in [-0.1, -0.05) is 26.3 Å². The van der Waals surface area contributed by atoms with E-state index in [1.54, 1.807) is 0 Å². The number of fused-ring (bicyclic) bond motifs is 5. The van der Waals surface area contributed by atoms with Crippen LogP contribution in [0.5, 0.6) is 0 Å². The summed E-state index contributed by atoms with van der Waals surface area (Å²) in [6, 6.07) is 0. The van der Waals surface area contributed by atoms with Crippen LogP contribution in [-0.4, -0.2) is 18.4 Å². The molecule has 0 unspecified atom stereocenters. The van der Waals surface area contributed by atoms with E-state index in [1.165, 1.54) is 37.7 Å². The summed E-state index contributed by atoms with van der Waals surface area (Å²) in [5, 5.41) is 0. The number of hydrogen-bond acceptors (Lipinski definition) is 3. The smallest absolute Gasteiger partial charge is 0.305 e. The molecule has 29 heavy (non-hydrogen) atoms. The Morgan fingerprint density at radius 3 is 2.69 bits per heavy atom. The van der Waals surface area contributed by atoms with Crippen LogP contribution in [0.15, 0.2) is 11.6 Å². The number of rotatable bonds is 5. The van der Waals surface area contributed by atoms with Crippen LogP contribution >= 0.6 is 0 Å². The summed E-state index contributed by atoms with van der Waals surface area (Å²) in [6.07, 6.45) is 13.1. The Bertz CT molecular complexity index is 694. The van der Waals surface area contributed by atoms with E-state index in [-0.39, 0.29) is 11.4 Å². The lowest BCUT2D eigenvalue weighted by Gasteiger charge is -2.58. The fourth-order valence-electron chi connectivity index (χ4n) is 8.31. The fourth-order valence-corrected chi connectivity index (χ4v) is 8.31. The first kappa shape index (κ1) is 21.1. The van der Waals surface area contributed by atoms with Crippen LogP contribution in [-0.2, 0) is 14.3 Å². The van der Waals surface area contributed by atoms with Crippen molar-refractivity contribution in [2.75, 3.05) is 6.61 Å². The van der Waals surface area contributed by atoms with Gasteiger partial charge >= 0.3 is 5.97 Å². The van der Waals surface area contributed by atoms with Gasteiger partial charge in [0, 0.05) is 12.8 Å². The van der Waals surface area contributed by atoms with Gasteiger partial charge in [0.2, 0.25) is 0 Å². The highest BCUT2D eigenvalue weighted by molar-refractivity contribution is 5.91. The minimum absolute atomic E-state index is 0.0332. The van der Waals surface area contributed by atoms with Crippen molar-refractivity contribution in [1.82, 2.24) is 0 Å². The highest BCUT2D eigenvalue weighted by atomic mass is 16.5. The maximum absolute atomic E-state index is 12.0. The predicted molar refractivity (Wildman–Crippen MR) is 115 cm³/mol. The number of carbonyl (C=O) groups excluding carboxylic acids is 2. The summed E-state index contributed by atoms with van der Waals surface area (Å²) in [5.74, 6) is 4.07. The topological polar surface area (TPSA) is 43.4 Å². The summed E-state index contributed by atoms with van der Waals surface area (Å²) in [7, 11) is 0. The molecule has 0 amide bonds. The molecule has 0 spiro atoms. The SMILES string of the molecule is CCOC(=O)CC[C@H](C)[C@H]1CC[C@H]2[C@H]3CCC4=CC(=O)CC[C@]4(C)[C@@H]3CC[C@]12C. The molecule has 0 heterocycles. The second-order valence-electron chi connectivity index (χ2n) is 11.0. The first-order valence-corrected chi connectivity index (χ1v) is 12.2. The molecule has 4 aliphatic carbocycles. The minimum Gasteiger partial charge on any atom is -0.466 e. The Labute approximate surface area is 177 Å². The standard InChI is InChI=1S/C26H40O3/c1-5-29-24(28)11-6-17(2)21-9-10-22-20-8-7-18-16-19(27)12-14-25(18,3)23(20)13-15-26(21,22)4/h16-17,20-23H,5-15H2,1-4H3/t17-,20+,21+,22-,23+,25-,26+/m0/s1. The Morgan fingerprint density at radius 1 is 1.14 bits per heavy atom. The summed E-state index contributed by atoms with van der Waals surface area (Å²) in [5.41, 5.74) is 2.17. The Morgan fingerprint density at radius 2 is 1.93 bits per heavy atom. The molecule has 4 rings (SSSR count). The van der Waals surface area contributed by atoms with E-state index in [4.69, 9.17) is 4.74 Å². The van der Waals surface area contributed by atoms with E-state index in [1.807, 2.05) is 13.0 Å². The third-order valence-corrected chi connectivity index (χ3v) is 9.83. The Hall–Kier alpha value is -1.12. The normalized spacial score (nSPS) is 42.3. The third-order valence-electron chi connectivity index (χ3n) is 9.83. The summed E-state index contributed by atoms with van der Waals surface area (Å²) >= 11 is 0. The van der Waals surface area contributed by atoms with Gasteiger partial charge in [0.25, 0.3) is 0 Å². The van der Waals surface area contributed by atoms with Crippen molar-refractivity contribution in [3.63, 3.8) is 0 Å². The van der Waals surface area contributed by atoms with Crippen molar-refractivity contribution in [2.24, 2.45) is 40.4 Å². The third kappa shape index (κ3) is 3.51. The van der Waals surface area contributed by atoms with Crippen LogP contribution in [0.1, 0.15) is 91.9 Å². The molecule has 0 aromatic heterocycles. The zero-order valence-corrected chi connectivity index (χ0v) is 19.0. The number of esters is 1. The molecular weight excluding hydrogens is 360 g/mol. The molecule has 3 heteroatoms. The molecule has 162 valence electrons. The molecule has 3 saturated carbocycles. The number of carbonyl (C=O) groups is 2. The lowest BCUT2D eigenvalue weighted by Crippen LogP contribution is -2.51. The highest BCUT2D eigenvalue weighted by Crippen LogP contribution is 2.67. The number of ketones is 1. The Kier molecular flexibility index (Phi) is 5.72. The van der Waals surface area contributed by atoms with Gasteiger partial charge in [-0.3, -0.25) is 9.59 Å². The molecule has 7 atom stereocenters. The van der Waals surface area contributed by atoms with Gasteiger partial charge in [0.15, 0.2) is 5.78 Å². The van der Waals surface area contributed by atoms with Gasteiger partial charge < -0.3 is 4.74 Å². The quantitative estimate of drug-likeness (QED) is 0.523. The van der Waals surface area contributed by atoms with Crippen molar-refractivity contribution >= 4 is 11.8 Å². The molecule has 3 nitrogen and oxygen atoms in total. The van der Waals surface area contributed by atoms with Crippen LogP contribution in [0.4, 0.5) is 0 Å². The van der Waals surface area contributed by atoms with Crippen LogP contribution in [0.3, 0.4) is 0 Å². The van der Waals surface area contributed by atoms with Gasteiger partial charge in [0.1, 0.15) is 0 Å². The zero-order chi connectivity index (χ0) is 20.8. The number of allylic oxidation sites excluding steroid dienone is 1. The molecule has 3 fully saturated rings. The van der Waals surface area contributed by atoms with Crippen molar-refractivity contribution in [1.29, 1.82) is 0 Å². The van der Waals surface area contributed by atoms with Gasteiger partial charge in [-0.05, 0) is 105 Å². The molecular formula is C26H40O3.